The van der Waals surface area contributed by atoms with Gasteiger partial charge in [0.15, 0.2) is 10.3 Å². The summed E-state index contributed by atoms with van der Waals surface area (Å²) in [4.78, 5) is 0. The molecule has 1 rings (SSSR count). The van der Waals surface area contributed by atoms with Crippen LogP contribution in [-0.2, 0) is 0 Å². The van der Waals surface area contributed by atoms with E-state index in [0.717, 1.165) is 12.1 Å². The van der Waals surface area contributed by atoms with Crippen molar-refractivity contribution in [3.8, 4) is 0 Å². The number of hydrogen-bond acceptors (Lipinski definition) is 1. The highest BCUT2D eigenvalue weighted by Gasteiger charge is 1.92. The van der Waals surface area contributed by atoms with Gasteiger partial charge < -0.3 is 0 Å². The zero-order valence-corrected chi connectivity index (χ0v) is 4.14. The third kappa shape index (κ3) is 0.962. The molecule has 0 nitrogen and oxygen atoms in total. The summed E-state index contributed by atoms with van der Waals surface area (Å²) < 4.78 is 23.4. The van der Waals surface area contributed by atoms with Crippen molar-refractivity contribution in [1.82, 2.24) is 0 Å². The topological polar surface area (TPSA) is 0 Å². The molecule has 0 saturated heterocycles. The summed E-state index contributed by atoms with van der Waals surface area (Å²) in [5.74, 6) is 0. The minimum absolute atomic E-state index is 0.475. The van der Waals surface area contributed by atoms with Gasteiger partial charge in [-0.25, -0.2) is 0 Å². The first kappa shape index (κ1) is 4.71. The Labute approximate surface area is 43.4 Å². The molecule has 0 saturated carbocycles. The van der Waals surface area contributed by atoms with Gasteiger partial charge in [0.1, 0.15) is 0 Å². The van der Waals surface area contributed by atoms with E-state index in [-0.39, 0.29) is 0 Å². The second-order valence-corrected chi connectivity index (χ2v) is 2.03. The monoisotopic (exact) mass is 120 g/mol. The second kappa shape index (κ2) is 1.58. The molecule has 0 aliphatic carbocycles. The third-order valence-electron chi connectivity index (χ3n) is 0.540. The molecule has 3 heteroatoms. The smallest absolute Gasteiger partial charge is 0.179 e. The summed E-state index contributed by atoms with van der Waals surface area (Å²) in [5, 5.41) is -0.949. The maximum atomic E-state index is 11.7. The van der Waals surface area contributed by atoms with Gasteiger partial charge in [0, 0.05) is 0 Å². The maximum absolute atomic E-state index is 11.7. The molecule has 1 heterocycles. The van der Waals surface area contributed by atoms with Crippen molar-refractivity contribution < 1.29 is 8.78 Å². The molecule has 1 aromatic heterocycles. The molecule has 0 aliphatic heterocycles. The lowest BCUT2D eigenvalue weighted by atomic mass is 10.7. The molecule has 0 atom stereocenters. The van der Waals surface area contributed by atoms with E-state index < -0.39 is 10.3 Å². The standard InChI is InChI=1S/C4H2F2S/c5-3-1-2-4(6)7-3/h1-2H. The van der Waals surface area contributed by atoms with Crippen molar-refractivity contribution in [2.75, 3.05) is 0 Å². The highest BCUT2D eigenvalue weighted by Crippen LogP contribution is 2.10. The van der Waals surface area contributed by atoms with Gasteiger partial charge in [-0.1, -0.05) is 11.3 Å². The molecule has 0 aromatic carbocycles. The number of halogens is 2. The Hall–Kier alpha value is -0.440. The Balaban J connectivity index is 3.04. The fourth-order valence-electron chi connectivity index (χ4n) is 0.292. The van der Waals surface area contributed by atoms with Crippen LogP contribution in [0.5, 0.6) is 0 Å². The lowest BCUT2D eigenvalue weighted by Gasteiger charge is -1.64. The minimum Gasteiger partial charge on any atom is -0.195 e. The third-order valence-corrected chi connectivity index (χ3v) is 1.20. The van der Waals surface area contributed by atoms with Crippen molar-refractivity contribution in [2.45, 2.75) is 0 Å². The largest absolute Gasteiger partial charge is 0.195 e. The molecular formula is C4H2F2S. The summed E-state index contributed by atoms with van der Waals surface area (Å²) in [7, 11) is 0. The lowest BCUT2D eigenvalue weighted by molar-refractivity contribution is 0.653. The van der Waals surface area contributed by atoms with Gasteiger partial charge in [-0.3, -0.25) is 0 Å². The first-order valence-corrected chi connectivity index (χ1v) is 2.51. The molecule has 0 bridgehead atoms. The molecule has 0 N–H and O–H groups in total. The molecule has 0 radical (unpaired) electrons. The first-order chi connectivity index (χ1) is 3.29. The molecule has 7 heavy (non-hydrogen) atoms. The van der Waals surface area contributed by atoms with Crippen LogP contribution in [0.3, 0.4) is 0 Å². The minimum atomic E-state index is -0.475. The van der Waals surface area contributed by atoms with Gasteiger partial charge >= 0.3 is 0 Å². The van der Waals surface area contributed by atoms with Crippen LogP contribution >= 0.6 is 11.3 Å². The van der Waals surface area contributed by atoms with E-state index in [1.807, 2.05) is 0 Å². The molecule has 0 spiro atoms. The summed E-state index contributed by atoms with van der Waals surface area (Å²) in [6.45, 7) is 0. The predicted molar refractivity (Wildman–Crippen MR) is 24.2 cm³/mol. The quantitative estimate of drug-likeness (QED) is 0.491. The number of thiophene rings is 1. The SMILES string of the molecule is Fc1ccc(F)s1. The second-order valence-electron chi connectivity index (χ2n) is 1.04. The Morgan fingerprint density at radius 1 is 1.14 bits per heavy atom. The van der Waals surface area contributed by atoms with Crippen LogP contribution in [0.1, 0.15) is 0 Å². The number of hydrogen-bond donors (Lipinski definition) is 0. The Morgan fingerprint density at radius 3 is 1.71 bits per heavy atom. The Morgan fingerprint density at radius 2 is 1.57 bits per heavy atom. The van der Waals surface area contributed by atoms with Gasteiger partial charge in [0.25, 0.3) is 0 Å². The fourth-order valence-corrected chi connectivity index (χ4v) is 0.751. The van der Waals surface area contributed by atoms with Gasteiger partial charge in [-0.05, 0) is 12.1 Å². The van der Waals surface area contributed by atoms with E-state index in [1.54, 1.807) is 0 Å². The van der Waals surface area contributed by atoms with Crippen LogP contribution in [0.2, 0.25) is 0 Å². The van der Waals surface area contributed by atoms with E-state index in [1.165, 1.54) is 0 Å². The van der Waals surface area contributed by atoms with E-state index >= 15 is 0 Å². The van der Waals surface area contributed by atoms with Crippen LogP contribution < -0.4 is 0 Å². The molecule has 0 unspecified atom stereocenters. The van der Waals surface area contributed by atoms with Gasteiger partial charge in [-0.15, -0.1) is 0 Å². The summed E-state index contributed by atoms with van der Waals surface area (Å²) in [6, 6.07) is 2.19. The summed E-state index contributed by atoms with van der Waals surface area (Å²) in [5.41, 5.74) is 0. The zero-order valence-electron chi connectivity index (χ0n) is 3.32. The zero-order chi connectivity index (χ0) is 5.28. The van der Waals surface area contributed by atoms with Crippen LogP contribution in [0.25, 0.3) is 0 Å². The average molecular weight is 120 g/mol. The van der Waals surface area contributed by atoms with Crippen LogP contribution in [0.15, 0.2) is 12.1 Å². The van der Waals surface area contributed by atoms with Gasteiger partial charge in [0.05, 0.1) is 0 Å². The van der Waals surface area contributed by atoms with E-state index in [2.05, 4.69) is 0 Å². The normalized spacial score (nSPS) is 9.43. The van der Waals surface area contributed by atoms with Crippen LogP contribution in [0, 0.1) is 10.3 Å². The Kier molecular flexibility index (Phi) is 1.06. The van der Waals surface area contributed by atoms with E-state index in [0.29, 0.717) is 11.3 Å². The maximum Gasteiger partial charge on any atom is 0.179 e. The van der Waals surface area contributed by atoms with Crippen molar-refractivity contribution in [1.29, 1.82) is 0 Å². The number of rotatable bonds is 0. The molecule has 1 aromatic rings. The summed E-state index contributed by atoms with van der Waals surface area (Å²) in [6.07, 6.45) is 0. The van der Waals surface area contributed by atoms with E-state index in [9.17, 15) is 8.78 Å². The van der Waals surface area contributed by atoms with Crippen LogP contribution in [0.4, 0.5) is 8.78 Å². The van der Waals surface area contributed by atoms with Crippen molar-refractivity contribution >= 4 is 11.3 Å². The molecule has 0 fully saturated rings. The lowest BCUT2D eigenvalue weighted by Crippen LogP contribution is -1.45. The highest BCUT2D eigenvalue weighted by molar-refractivity contribution is 7.08. The van der Waals surface area contributed by atoms with Crippen molar-refractivity contribution in [3.63, 3.8) is 0 Å². The Bertz CT molecular complexity index is 142. The predicted octanol–water partition coefficient (Wildman–Crippen LogP) is 2.03. The summed E-state index contributed by atoms with van der Waals surface area (Å²) >= 11 is 0.509. The fraction of sp³-hybridized carbons (Fsp3) is 0. The first-order valence-electron chi connectivity index (χ1n) is 1.70. The van der Waals surface area contributed by atoms with Gasteiger partial charge in [0.2, 0.25) is 0 Å². The average Bonchev–Trinajstić information content (AvgIpc) is 1.87. The van der Waals surface area contributed by atoms with Crippen molar-refractivity contribution in [3.05, 3.63) is 22.4 Å². The van der Waals surface area contributed by atoms with Crippen LogP contribution in [-0.4, -0.2) is 0 Å². The molecule has 0 amide bonds. The molecule has 0 aliphatic rings. The van der Waals surface area contributed by atoms with Crippen molar-refractivity contribution in [2.24, 2.45) is 0 Å². The van der Waals surface area contributed by atoms with E-state index in [4.69, 9.17) is 0 Å². The van der Waals surface area contributed by atoms with Gasteiger partial charge in [-0.2, -0.15) is 8.78 Å². The molecule has 38 valence electrons. The molecular weight excluding hydrogens is 118 g/mol. The highest BCUT2D eigenvalue weighted by atomic mass is 32.1.